The lowest BCUT2D eigenvalue weighted by Gasteiger charge is -2.31. The monoisotopic (exact) mass is 445 g/mol. The largest absolute Gasteiger partial charge is 0.354 e. The van der Waals surface area contributed by atoms with Crippen LogP contribution in [0.2, 0.25) is 5.02 Å². The Morgan fingerprint density at radius 3 is 2.35 bits per heavy atom. The predicted molar refractivity (Wildman–Crippen MR) is 121 cm³/mol. The summed E-state index contributed by atoms with van der Waals surface area (Å²) in [4.78, 5) is 38.5. The van der Waals surface area contributed by atoms with Crippen molar-refractivity contribution in [2.24, 2.45) is 5.92 Å². The third-order valence-electron chi connectivity index (χ3n) is 4.87. The number of para-hydroxylation sites is 1. The number of hydrogen-bond acceptors (Lipinski definition) is 4. The van der Waals surface area contributed by atoms with Crippen molar-refractivity contribution in [2.75, 3.05) is 6.54 Å². The Balaban J connectivity index is 2.33. The fourth-order valence-corrected chi connectivity index (χ4v) is 3.36. The zero-order chi connectivity index (χ0) is 23.0. The smallest absolute Gasteiger partial charge is 0.273 e. The van der Waals surface area contributed by atoms with E-state index in [0.717, 1.165) is 5.56 Å². The van der Waals surface area contributed by atoms with Gasteiger partial charge in [0.25, 0.3) is 5.69 Å². The first kappa shape index (κ1) is 24.3. The summed E-state index contributed by atoms with van der Waals surface area (Å²) in [6.07, 6.45) is 0.249. The predicted octanol–water partition coefficient (Wildman–Crippen LogP) is 4.37. The first-order chi connectivity index (χ1) is 14.7. The number of hydrogen-bond donors (Lipinski definition) is 1. The van der Waals surface area contributed by atoms with Gasteiger partial charge in [0.2, 0.25) is 11.8 Å². The highest BCUT2D eigenvalue weighted by molar-refractivity contribution is 6.30. The van der Waals surface area contributed by atoms with Crippen LogP contribution in [0.4, 0.5) is 5.69 Å². The van der Waals surface area contributed by atoms with Crippen molar-refractivity contribution >= 4 is 29.1 Å². The van der Waals surface area contributed by atoms with E-state index < -0.39 is 11.0 Å². The van der Waals surface area contributed by atoms with Gasteiger partial charge in [-0.15, -0.1) is 0 Å². The third-order valence-corrected chi connectivity index (χ3v) is 5.12. The number of nitro benzene ring substituents is 1. The maximum absolute atomic E-state index is 13.3. The van der Waals surface area contributed by atoms with Crippen LogP contribution in [0.1, 0.15) is 38.3 Å². The number of carbonyl (C=O) groups excluding carboxylic acids is 2. The lowest BCUT2D eigenvalue weighted by atomic mass is 10.1. The van der Waals surface area contributed by atoms with Crippen LogP contribution in [-0.2, 0) is 22.6 Å². The Bertz CT molecular complexity index is 915. The van der Waals surface area contributed by atoms with E-state index in [1.165, 1.54) is 11.0 Å². The second-order valence-electron chi connectivity index (χ2n) is 7.77. The molecule has 0 saturated heterocycles. The van der Waals surface area contributed by atoms with E-state index in [9.17, 15) is 19.7 Å². The Morgan fingerprint density at radius 2 is 1.77 bits per heavy atom. The average molecular weight is 446 g/mol. The highest BCUT2D eigenvalue weighted by atomic mass is 35.5. The quantitative estimate of drug-likeness (QED) is 0.434. The van der Waals surface area contributed by atoms with Crippen LogP contribution in [-0.4, -0.2) is 34.2 Å². The van der Waals surface area contributed by atoms with E-state index in [1.807, 2.05) is 20.8 Å². The van der Waals surface area contributed by atoms with Gasteiger partial charge < -0.3 is 10.2 Å². The summed E-state index contributed by atoms with van der Waals surface area (Å²) in [6.45, 7) is 6.53. The van der Waals surface area contributed by atoms with Gasteiger partial charge in [0.05, 0.1) is 11.3 Å². The van der Waals surface area contributed by atoms with Gasteiger partial charge >= 0.3 is 0 Å². The number of nitrogens with zero attached hydrogens (tertiary/aromatic N) is 2. The molecule has 0 heterocycles. The molecule has 31 heavy (non-hydrogen) atoms. The summed E-state index contributed by atoms with van der Waals surface area (Å²) < 4.78 is 0. The molecule has 1 N–H and O–H groups in total. The fraction of sp³-hybridized carbons (Fsp3) is 0.391. The number of nitro groups is 1. The molecule has 0 bridgehead atoms. The molecule has 0 aliphatic heterocycles. The average Bonchev–Trinajstić information content (AvgIpc) is 2.73. The number of nitrogens with one attached hydrogen (secondary N) is 1. The molecule has 0 saturated carbocycles. The summed E-state index contributed by atoms with van der Waals surface area (Å²) in [7, 11) is 0. The Hall–Kier alpha value is -2.93. The van der Waals surface area contributed by atoms with Crippen LogP contribution in [0.25, 0.3) is 0 Å². The first-order valence-electron chi connectivity index (χ1n) is 10.3. The molecule has 2 aromatic rings. The topological polar surface area (TPSA) is 92.6 Å². The number of amides is 2. The van der Waals surface area contributed by atoms with Gasteiger partial charge in [0.15, 0.2) is 0 Å². The van der Waals surface area contributed by atoms with Crippen LogP contribution >= 0.6 is 11.6 Å². The van der Waals surface area contributed by atoms with Gasteiger partial charge in [0, 0.05) is 29.7 Å². The van der Waals surface area contributed by atoms with Crippen molar-refractivity contribution in [3.8, 4) is 0 Å². The number of rotatable bonds is 10. The Morgan fingerprint density at radius 1 is 1.13 bits per heavy atom. The van der Waals surface area contributed by atoms with Crippen LogP contribution in [0.5, 0.6) is 0 Å². The summed E-state index contributed by atoms with van der Waals surface area (Å²) in [6, 6.07) is 12.5. The Kier molecular flexibility index (Phi) is 9.00. The van der Waals surface area contributed by atoms with Crippen LogP contribution in [0.15, 0.2) is 48.5 Å². The molecule has 0 radical (unpaired) electrons. The minimum atomic E-state index is -0.690. The molecule has 0 spiro atoms. The van der Waals surface area contributed by atoms with Crippen molar-refractivity contribution in [1.82, 2.24) is 10.2 Å². The zero-order valence-electron chi connectivity index (χ0n) is 18.0. The maximum atomic E-state index is 13.3. The van der Waals surface area contributed by atoms with Gasteiger partial charge in [0.1, 0.15) is 6.04 Å². The summed E-state index contributed by atoms with van der Waals surface area (Å²) in [5.41, 5.74) is 1.02. The lowest BCUT2D eigenvalue weighted by molar-refractivity contribution is -0.385. The molecule has 0 aliphatic carbocycles. The van der Waals surface area contributed by atoms with Gasteiger partial charge in [-0.1, -0.05) is 62.7 Å². The van der Waals surface area contributed by atoms with E-state index in [-0.39, 0.29) is 36.4 Å². The van der Waals surface area contributed by atoms with Crippen molar-refractivity contribution in [3.63, 3.8) is 0 Å². The molecule has 7 nitrogen and oxygen atoms in total. The van der Waals surface area contributed by atoms with Gasteiger partial charge in [-0.2, -0.15) is 0 Å². The number of benzene rings is 2. The summed E-state index contributed by atoms with van der Waals surface area (Å²) in [5, 5.41) is 14.8. The SMILES string of the molecule is CC[C@@H](C(=O)NCC(C)C)N(Cc1ccc(Cl)cc1)C(=O)Cc1ccccc1[N+](=O)[O-]. The van der Waals surface area contributed by atoms with E-state index in [4.69, 9.17) is 11.6 Å². The first-order valence-corrected chi connectivity index (χ1v) is 10.6. The molecule has 1 atom stereocenters. The minimum absolute atomic E-state index is 0.111. The van der Waals surface area contributed by atoms with Gasteiger partial charge in [-0.3, -0.25) is 19.7 Å². The lowest BCUT2D eigenvalue weighted by Crippen LogP contribution is -2.50. The molecule has 0 aromatic heterocycles. The molecule has 2 rings (SSSR count). The molecule has 0 aliphatic rings. The van der Waals surface area contributed by atoms with Crippen molar-refractivity contribution in [1.29, 1.82) is 0 Å². The third kappa shape index (κ3) is 7.07. The summed E-state index contributed by atoms with van der Waals surface area (Å²) in [5.74, 6) is -0.314. The molecular weight excluding hydrogens is 418 g/mol. The van der Waals surface area contributed by atoms with Gasteiger partial charge in [-0.05, 0) is 30.0 Å². The molecule has 0 unspecified atom stereocenters. The molecule has 0 fully saturated rings. The zero-order valence-corrected chi connectivity index (χ0v) is 18.8. The summed E-state index contributed by atoms with van der Waals surface area (Å²) >= 11 is 5.97. The number of halogens is 1. The normalized spacial score (nSPS) is 11.8. The van der Waals surface area contributed by atoms with Crippen LogP contribution in [0.3, 0.4) is 0 Å². The standard InChI is InChI=1S/C23H28ClN3O4/c1-4-20(23(29)25-14-16(2)3)26(15-17-9-11-19(24)12-10-17)22(28)13-18-7-5-6-8-21(18)27(30)31/h5-12,16,20H,4,13-15H2,1-3H3,(H,25,29)/t20-/m0/s1. The van der Waals surface area contributed by atoms with E-state index >= 15 is 0 Å². The van der Waals surface area contributed by atoms with Crippen molar-refractivity contribution in [3.05, 3.63) is 74.8 Å². The second kappa shape index (κ2) is 11.5. The van der Waals surface area contributed by atoms with Crippen molar-refractivity contribution < 1.29 is 14.5 Å². The van der Waals surface area contributed by atoms with Crippen molar-refractivity contribution in [2.45, 2.75) is 46.2 Å². The molecular formula is C23H28ClN3O4. The molecule has 2 aromatic carbocycles. The van der Waals surface area contributed by atoms with Crippen LogP contribution in [0, 0.1) is 16.0 Å². The van der Waals surface area contributed by atoms with Crippen LogP contribution < -0.4 is 5.32 Å². The fourth-order valence-electron chi connectivity index (χ4n) is 3.23. The van der Waals surface area contributed by atoms with E-state index in [1.54, 1.807) is 42.5 Å². The minimum Gasteiger partial charge on any atom is -0.354 e. The molecule has 166 valence electrons. The van der Waals surface area contributed by atoms with E-state index in [0.29, 0.717) is 23.6 Å². The number of carbonyl (C=O) groups is 2. The van der Waals surface area contributed by atoms with Gasteiger partial charge in [-0.25, -0.2) is 0 Å². The molecule has 8 heteroatoms. The highest BCUT2D eigenvalue weighted by Crippen LogP contribution is 2.21. The highest BCUT2D eigenvalue weighted by Gasteiger charge is 2.30. The Labute approximate surface area is 187 Å². The maximum Gasteiger partial charge on any atom is 0.273 e. The second-order valence-corrected chi connectivity index (χ2v) is 8.21. The molecule has 2 amide bonds. The van der Waals surface area contributed by atoms with E-state index in [2.05, 4.69) is 5.32 Å².